The molecule has 0 saturated carbocycles. The molecule has 3 aliphatic rings. The summed E-state index contributed by atoms with van der Waals surface area (Å²) in [6.07, 6.45) is 0.432. The number of quaternary nitrogens is 1. The van der Waals surface area contributed by atoms with E-state index in [0.717, 1.165) is 11.1 Å². The summed E-state index contributed by atoms with van der Waals surface area (Å²) in [6, 6.07) is 11.9. The fourth-order valence-corrected chi connectivity index (χ4v) is 6.37. The zero-order valence-electron chi connectivity index (χ0n) is 21.4. The van der Waals surface area contributed by atoms with Gasteiger partial charge in [-0.15, -0.1) is 0 Å². The van der Waals surface area contributed by atoms with Gasteiger partial charge in [-0.05, 0) is 29.7 Å². The molecule has 0 aliphatic carbocycles. The molecule has 2 aromatic carbocycles. The number of nitrogens with one attached hydrogen (secondary N) is 2. The molecule has 2 fully saturated rings. The second-order valence-electron chi connectivity index (χ2n) is 10.1. The molecular weight excluding hydrogens is 553 g/mol. The van der Waals surface area contributed by atoms with E-state index in [1.165, 1.54) is 4.90 Å². The Morgan fingerprint density at radius 2 is 1.73 bits per heavy atom. The molecule has 1 atom stereocenters. The van der Waals surface area contributed by atoms with Gasteiger partial charge in [0, 0.05) is 37.2 Å². The van der Waals surface area contributed by atoms with E-state index in [1.807, 2.05) is 29.2 Å². The maximum Gasteiger partial charge on any atom is 0.549 e. The third kappa shape index (κ3) is 5.56. The Morgan fingerprint density at radius 3 is 2.42 bits per heavy atom. The molecule has 0 aromatic heterocycles. The first-order valence-corrected chi connectivity index (χ1v) is 14.3. The summed E-state index contributed by atoms with van der Waals surface area (Å²) in [4.78, 5) is 40.2. The number of ether oxygens (including phenoxy) is 1. The van der Waals surface area contributed by atoms with Gasteiger partial charge in [0.15, 0.2) is 0 Å². The molecule has 14 heteroatoms. The van der Waals surface area contributed by atoms with Crippen LogP contribution in [0.15, 0.2) is 42.5 Å². The van der Waals surface area contributed by atoms with E-state index in [1.54, 1.807) is 18.2 Å². The van der Waals surface area contributed by atoms with Crippen LogP contribution in [0.25, 0.3) is 0 Å². The van der Waals surface area contributed by atoms with Crippen LogP contribution in [-0.4, -0.2) is 73.7 Å². The number of carbonyl (C=O) groups is 3. The number of hydrogen-bond acceptors (Lipinski definition) is 7. The van der Waals surface area contributed by atoms with Crippen molar-refractivity contribution in [1.82, 2.24) is 15.1 Å². The third-order valence-electron chi connectivity index (χ3n) is 7.43. The van der Waals surface area contributed by atoms with Crippen molar-refractivity contribution in [2.24, 2.45) is 0 Å². The van der Waals surface area contributed by atoms with Crippen molar-refractivity contribution in [2.75, 3.05) is 26.2 Å². The normalized spacial score (nSPS) is 20.9. The van der Waals surface area contributed by atoms with E-state index >= 15 is 0 Å². The molecule has 10 nitrogen and oxygen atoms in total. The summed E-state index contributed by atoms with van der Waals surface area (Å²) in [6.45, 7) is 0.936. The Bertz CT molecular complexity index is 1440. The van der Waals surface area contributed by atoms with Crippen LogP contribution in [0.5, 0.6) is 5.75 Å². The average molecular weight is 582 g/mol. The Labute approximate surface area is 228 Å². The van der Waals surface area contributed by atoms with E-state index < -0.39 is 31.8 Å². The third-order valence-corrected chi connectivity index (χ3v) is 9.21. The number of alkyl halides is 3. The predicted molar refractivity (Wildman–Crippen MR) is 134 cm³/mol. The van der Waals surface area contributed by atoms with Crippen molar-refractivity contribution in [2.45, 2.75) is 44.1 Å². The number of rotatable bonds is 7. The minimum atomic E-state index is -5.27. The van der Waals surface area contributed by atoms with Gasteiger partial charge in [0.2, 0.25) is 11.8 Å². The lowest BCUT2D eigenvalue weighted by molar-refractivity contribution is -0.777. The standard InChI is InChI=1S/C26H27F3N4O6S/c27-26(28,29)40(37,38)32-11-9-31(10-12-32)14-17-3-1-4-18(13-17)16-39-22-6-2-5-19-20(22)15-33(25(19)36)21-7-8-23(34)30-24(21)35/h1-6,13,21H,7-12,14-16H2,(H,30,34,35)/p+1. The van der Waals surface area contributed by atoms with Gasteiger partial charge in [-0.3, -0.25) is 24.6 Å². The zero-order valence-corrected chi connectivity index (χ0v) is 22.2. The SMILES string of the molecule is O=C1CCC(N2Cc3c(OCc4cccc(CN5CC[NH+](S(=O)(=O)C(F)(F)F)CC5)c4)cccc3C2=O)C(=O)N1. The first-order chi connectivity index (χ1) is 18.9. The largest absolute Gasteiger partial charge is 0.549 e. The molecule has 3 heterocycles. The number of nitrogens with zero attached hydrogens (tertiary/aromatic N) is 2. The fraction of sp³-hybridized carbons (Fsp3) is 0.423. The number of hydrogen-bond donors (Lipinski definition) is 2. The molecule has 2 saturated heterocycles. The minimum Gasteiger partial charge on any atom is -0.489 e. The molecule has 3 amide bonds. The predicted octanol–water partition coefficient (Wildman–Crippen LogP) is 0.577. The summed E-state index contributed by atoms with van der Waals surface area (Å²) in [7, 11) is -5.24. The number of imide groups is 1. The topological polar surface area (TPSA) is 118 Å². The van der Waals surface area contributed by atoms with Crippen LogP contribution in [0.4, 0.5) is 13.2 Å². The van der Waals surface area contributed by atoms with Gasteiger partial charge in [0.1, 0.15) is 31.5 Å². The first-order valence-electron chi connectivity index (χ1n) is 12.8. The number of sulfonamides is 1. The van der Waals surface area contributed by atoms with Gasteiger partial charge < -0.3 is 9.64 Å². The van der Waals surface area contributed by atoms with Gasteiger partial charge in [-0.1, -0.05) is 30.3 Å². The molecule has 214 valence electrons. The maximum atomic E-state index is 13.0. The number of carbonyl (C=O) groups excluding carboxylic acids is 3. The summed E-state index contributed by atoms with van der Waals surface area (Å²) < 4.78 is 67.5. The van der Waals surface area contributed by atoms with Crippen molar-refractivity contribution < 1.29 is 45.0 Å². The highest BCUT2D eigenvalue weighted by Gasteiger charge is 2.54. The highest BCUT2D eigenvalue weighted by atomic mass is 32.2. The van der Waals surface area contributed by atoms with E-state index in [0.29, 0.717) is 23.4 Å². The van der Waals surface area contributed by atoms with Crippen LogP contribution < -0.4 is 14.4 Å². The Hall–Kier alpha value is -3.49. The number of amides is 3. The summed E-state index contributed by atoms with van der Waals surface area (Å²) >= 11 is 0. The molecular formula is C26H28F3N4O6S+. The quantitative estimate of drug-likeness (QED) is 0.460. The second kappa shape index (κ2) is 10.8. The van der Waals surface area contributed by atoms with Crippen molar-refractivity contribution in [1.29, 1.82) is 0 Å². The number of halogens is 3. The van der Waals surface area contributed by atoms with E-state index in [9.17, 15) is 36.0 Å². The lowest BCUT2D eigenvalue weighted by Crippen LogP contribution is -3.17. The molecule has 40 heavy (non-hydrogen) atoms. The molecule has 1 unspecified atom stereocenters. The maximum absolute atomic E-state index is 13.0. The highest BCUT2D eigenvalue weighted by molar-refractivity contribution is 7.86. The monoisotopic (exact) mass is 581 g/mol. The van der Waals surface area contributed by atoms with Gasteiger partial charge in [-0.2, -0.15) is 21.6 Å². The average Bonchev–Trinajstić information content (AvgIpc) is 3.24. The fourth-order valence-electron chi connectivity index (χ4n) is 5.32. The van der Waals surface area contributed by atoms with E-state index in [4.69, 9.17) is 4.74 Å². The lowest BCUT2D eigenvalue weighted by atomic mass is 10.0. The number of benzene rings is 2. The first kappa shape index (κ1) is 28.1. The Morgan fingerprint density at radius 1 is 1.02 bits per heavy atom. The zero-order chi connectivity index (χ0) is 28.7. The summed E-state index contributed by atoms with van der Waals surface area (Å²) in [5.41, 5.74) is -2.41. The van der Waals surface area contributed by atoms with Crippen molar-refractivity contribution in [3.05, 3.63) is 64.7 Å². The molecule has 0 bridgehead atoms. The van der Waals surface area contributed by atoms with Crippen molar-refractivity contribution in [3.8, 4) is 5.75 Å². The van der Waals surface area contributed by atoms with Gasteiger partial charge in [0.05, 0.1) is 6.54 Å². The van der Waals surface area contributed by atoms with Crippen LogP contribution in [-0.2, 0) is 39.3 Å². The molecule has 0 radical (unpaired) electrons. The Balaban J connectivity index is 1.20. The molecule has 5 rings (SSSR count). The van der Waals surface area contributed by atoms with Crippen LogP contribution in [0.2, 0.25) is 0 Å². The van der Waals surface area contributed by atoms with E-state index in [2.05, 4.69) is 5.32 Å². The lowest BCUT2D eigenvalue weighted by Gasteiger charge is -2.31. The number of piperazine rings is 1. The van der Waals surface area contributed by atoms with E-state index in [-0.39, 0.29) is 64.0 Å². The summed E-state index contributed by atoms with van der Waals surface area (Å²) in [5.74, 6) is -0.617. The molecule has 2 N–H and O–H groups in total. The smallest absolute Gasteiger partial charge is 0.489 e. The van der Waals surface area contributed by atoms with Crippen molar-refractivity contribution >= 4 is 27.7 Å². The number of piperidine rings is 1. The van der Waals surface area contributed by atoms with Crippen LogP contribution in [0.1, 0.15) is 39.9 Å². The summed E-state index contributed by atoms with van der Waals surface area (Å²) in [5, 5.41) is 2.28. The van der Waals surface area contributed by atoms with Gasteiger partial charge in [0.25, 0.3) is 5.91 Å². The number of fused-ring (bicyclic) bond motifs is 1. The Kier molecular flexibility index (Phi) is 7.59. The minimum absolute atomic E-state index is 0.154. The van der Waals surface area contributed by atoms with Gasteiger partial charge >= 0.3 is 15.5 Å². The second-order valence-corrected chi connectivity index (χ2v) is 12.1. The molecule has 3 aliphatic heterocycles. The molecule has 0 spiro atoms. The highest BCUT2D eigenvalue weighted by Crippen LogP contribution is 2.34. The van der Waals surface area contributed by atoms with Gasteiger partial charge in [-0.25, -0.2) is 4.31 Å². The van der Waals surface area contributed by atoms with Crippen molar-refractivity contribution in [3.63, 3.8) is 0 Å². The molecule has 2 aromatic rings. The van der Waals surface area contributed by atoms with Crippen LogP contribution in [0.3, 0.4) is 0 Å². The van der Waals surface area contributed by atoms with Crippen LogP contribution in [0, 0.1) is 0 Å². The van der Waals surface area contributed by atoms with Crippen LogP contribution >= 0.6 is 0 Å².